The van der Waals surface area contributed by atoms with Crippen molar-refractivity contribution in [3.8, 4) is 17.6 Å². The number of nitriles is 1. The third-order valence-corrected chi connectivity index (χ3v) is 3.68. The highest BCUT2D eigenvalue weighted by Crippen LogP contribution is 2.28. The van der Waals surface area contributed by atoms with Crippen LogP contribution in [-0.4, -0.2) is 26.2 Å². The van der Waals surface area contributed by atoms with Gasteiger partial charge < -0.3 is 20.1 Å². The third kappa shape index (κ3) is 5.80. The lowest BCUT2D eigenvalue weighted by molar-refractivity contribution is -0.123. The van der Waals surface area contributed by atoms with Crippen LogP contribution in [0.5, 0.6) is 11.5 Å². The second-order valence-electron chi connectivity index (χ2n) is 5.64. The zero-order valence-electron chi connectivity index (χ0n) is 15.0. The molecule has 0 spiro atoms. The van der Waals surface area contributed by atoms with Crippen molar-refractivity contribution in [1.82, 2.24) is 10.6 Å². The summed E-state index contributed by atoms with van der Waals surface area (Å²) in [7, 11) is 1.57. The largest absolute Gasteiger partial charge is 0.493 e. The predicted octanol–water partition coefficient (Wildman–Crippen LogP) is 2.37. The molecule has 6 nitrogen and oxygen atoms in total. The molecule has 0 heterocycles. The summed E-state index contributed by atoms with van der Waals surface area (Å²) in [5.74, 6) is 0.948. The van der Waals surface area contributed by atoms with E-state index in [1.165, 1.54) is 0 Å². The van der Waals surface area contributed by atoms with Gasteiger partial charge in [0.15, 0.2) is 18.1 Å². The molecular formula is C20H23N3O3. The molecule has 0 aromatic heterocycles. The quantitative estimate of drug-likeness (QED) is 0.723. The highest BCUT2D eigenvalue weighted by atomic mass is 16.5. The van der Waals surface area contributed by atoms with Crippen molar-refractivity contribution in [1.29, 1.82) is 5.26 Å². The second-order valence-corrected chi connectivity index (χ2v) is 5.64. The number of amides is 1. The van der Waals surface area contributed by atoms with Gasteiger partial charge in [-0.15, -0.1) is 0 Å². The van der Waals surface area contributed by atoms with Crippen LogP contribution in [0.3, 0.4) is 0 Å². The number of rotatable bonds is 9. The van der Waals surface area contributed by atoms with E-state index in [2.05, 4.69) is 16.7 Å². The van der Waals surface area contributed by atoms with Gasteiger partial charge in [0.2, 0.25) is 0 Å². The smallest absolute Gasteiger partial charge is 0.257 e. The Balaban J connectivity index is 1.91. The van der Waals surface area contributed by atoms with Crippen LogP contribution < -0.4 is 20.1 Å². The summed E-state index contributed by atoms with van der Waals surface area (Å²) < 4.78 is 10.9. The minimum Gasteiger partial charge on any atom is -0.493 e. The summed E-state index contributed by atoms with van der Waals surface area (Å²) in [6, 6.07) is 15.2. The molecule has 0 fully saturated rings. The lowest BCUT2D eigenvalue weighted by atomic mass is 10.1. The molecule has 2 aromatic carbocycles. The van der Waals surface area contributed by atoms with Gasteiger partial charge in [-0.3, -0.25) is 4.79 Å². The van der Waals surface area contributed by atoms with Gasteiger partial charge in [-0.2, -0.15) is 5.26 Å². The number of ether oxygens (including phenoxy) is 2. The van der Waals surface area contributed by atoms with Crippen LogP contribution in [0.4, 0.5) is 0 Å². The maximum absolute atomic E-state index is 11.5. The Labute approximate surface area is 153 Å². The number of methoxy groups -OCH3 is 1. The zero-order chi connectivity index (χ0) is 18.8. The Morgan fingerprint density at radius 1 is 1.12 bits per heavy atom. The molecule has 26 heavy (non-hydrogen) atoms. The van der Waals surface area contributed by atoms with Crippen molar-refractivity contribution in [2.45, 2.75) is 20.0 Å². The number of nitrogens with one attached hydrogen (secondary N) is 2. The molecule has 0 aliphatic rings. The Morgan fingerprint density at radius 3 is 2.58 bits per heavy atom. The lowest BCUT2D eigenvalue weighted by Gasteiger charge is -2.12. The maximum Gasteiger partial charge on any atom is 0.257 e. The van der Waals surface area contributed by atoms with E-state index >= 15 is 0 Å². The van der Waals surface area contributed by atoms with Crippen LogP contribution in [0, 0.1) is 11.3 Å². The van der Waals surface area contributed by atoms with Crippen LogP contribution in [0.2, 0.25) is 0 Å². The first-order valence-corrected chi connectivity index (χ1v) is 8.42. The fourth-order valence-electron chi connectivity index (χ4n) is 2.43. The van der Waals surface area contributed by atoms with Crippen LogP contribution in [-0.2, 0) is 17.9 Å². The Morgan fingerprint density at radius 2 is 1.88 bits per heavy atom. The molecular weight excluding hydrogens is 330 g/mol. The maximum atomic E-state index is 11.5. The number of benzene rings is 2. The van der Waals surface area contributed by atoms with E-state index in [0.717, 1.165) is 11.1 Å². The molecule has 2 aromatic rings. The van der Waals surface area contributed by atoms with Crippen molar-refractivity contribution < 1.29 is 14.3 Å². The molecule has 1 amide bonds. The fourth-order valence-corrected chi connectivity index (χ4v) is 2.43. The molecule has 0 saturated carbocycles. The van der Waals surface area contributed by atoms with Crippen molar-refractivity contribution in [2.75, 3.05) is 20.3 Å². The van der Waals surface area contributed by atoms with Gasteiger partial charge in [-0.05, 0) is 42.3 Å². The van der Waals surface area contributed by atoms with E-state index in [0.29, 0.717) is 36.7 Å². The first-order valence-electron chi connectivity index (χ1n) is 8.42. The SMILES string of the molecule is CCNC(=O)COc1ccc(CNCc2cccc(C#N)c2)cc1OC. The van der Waals surface area contributed by atoms with E-state index in [4.69, 9.17) is 14.7 Å². The summed E-state index contributed by atoms with van der Waals surface area (Å²) in [5, 5.41) is 15.0. The molecule has 0 radical (unpaired) electrons. The molecule has 6 heteroatoms. The van der Waals surface area contributed by atoms with E-state index < -0.39 is 0 Å². The third-order valence-electron chi connectivity index (χ3n) is 3.68. The number of hydrogen-bond acceptors (Lipinski definition) is 5. The highest BCUT2D eigenvalue weighted by Gasteiger charge is 2.08. The van der Waals surface area contributed by atoms with E-state index in [1.807, 2.05) is 37.3 Å². The summed E-state index contributed by atoms with van der Waals surface area (Å²) in [6.45, 7) is 3.69. The first kappa shape index (κ1) is 19.3. The Hall–Kier alpha value is -3.04. The molecule has 2 rings (SSSR count). The Bertz CT molecular complexity index is 784. The molecule has 0 unspecified atom stereocenters. The number of carbonyl (C=O) groups excluding carboxylic acids is 1. The van der Waals surface area contributed by atoms with Crippen LogP contribution in [0.25, 0.3) is 0 Å². The van der Waals surface area contributed by atoms with E-state index in [-0.39, 0.29) is 12.5 Å². The number of likely N-dealkylation sites (N-methyl/N-ethyl adjacent to an activating group) is 1. The molecule has 2 N–H and O–H groups in total. The van der Waals surface area contributed by atoms with Gasteiger partial charge >= 0.3 is 0 Å². The molecule has 0 atom stereocenters. The van der Waals surface area contributed by atoms with Crippen LogP contribution in [0.15, 0.2) is 42.5 Å². The van der Waals surface area contributed by atoms with E-state index in [9.17, 15) is 4.79 Å². The Kier molecular flexibility index (Phi) is 7.47. The summed E-state index contributed by atoms with van der Waals surface area (Å²) in [5.41, 5.74) is 2.74. The van der Waals surface area contributed by atoms with Crippen molar-refractivity contribution >= 4 is 5.91 Å². The molecule has 136 valence electrons. The van der Waals surface area contributed by atoms with Crippen LogP contribution >= 0.6 is 0 Å². The second kappa shape index (κ2) is 10.1. The normalized spacial score (nSPS) is 10.0. The van der Waals surface area contributed by atoms with Crippen molar-refractivity contribution in [3.63, 3.8) is 0 Å². The van der Waals surface area contributed by atoms with Crippen molar-refractivity contribution in [2.24, 2.45) is 0 Å². The lowest BCUT2D eigenvalue weighted by Crippen LogP contribution is -2.28. The van der Waals surface area contributed by atoms with Gasteiger partial charge in [0, 0.05) is 19.6 Å². The molecule has 0 saturated heterocycles. The molecule has 0 aliphatic heterocycles. The average molecular weight is 353 g/mol. The number of nitrogens with zero attached hydrogens (tertiary/aromatic N) is 1. The van der Waals surface area contributed by atoms with Crippen LogP contribution in [0.1, 0.15) is 23.6 Å². The van der Waals surface area contributed by atoms with Gasteiger partial charge in [-0.25, -0.2) is 0 Å². The summed E-state index contributed by atoms with van der Waals surface area (Å²) >= 11 is 0. The molecule has 0 aliphatic carbocycles. The first-order chi connectivity index (χ1) is 12.7. The minimum atomic E-state index is -0.167. The fraction of sp³-hybridized carbons (Fsp3) is 0.300. The highest BCUT2D eigenvalue weighted by molar-refractivity contribution is 5.77. The average Bonchev–Trinajstić information content (AvgIpc) is 2.67. The topological polar surface area (TPSA) is 83.4 Å². The van der Waals surface area contributed by atoms with Gasteiger partial charge in [0.05, 0.1) is 18.7 Å². The van der Waals surface area contributed by atoms with Gasteiger partial charge in [0.25, 0.3) is 5.91 Å². The van der Waals surface area contributed by atoms with Crippen molar-refractivity contribution in [3.05, 3.63) is 59.2 Å². The summed E-state index contributed by atoms with van der Waals surface area (Å²) in [4.78, 5) is 11.5. The number of hydrogen-bond donors (Lipinski definition) is 2. The van der Waals surface area contributed by atoms with Gasteiger partial charge in [0.1, 0.15) is 0 Å². The number of carbonyl (C=O) groups is 1. The standard InChI is InChI=1S/C20H23N3O3/c1-3-23-20(24)14-26-18-8-7-17(10-19(18)25-2)13-22-12-16-6-4-5-15(9-16)11-21/h4-10,22H,3,12-14H2,1-2H3,(H,23,24). The zero-order valence-corrected chi connectivity index (χ0v) is 15.0. The monoisotopic (exact) mass is 353 g/mol. The summed E-state index contributed by atoms with van der Waals surface area (Å²) in [6.07, 6.45) is 0. The van der Waals surface area contributed by atoms with Gasteiger partial charge in [-0.1, -0.05) is 18.2 Å². The molecule has 0 bridgehead atoms. The van der Waals surface area contributed by atoms with E-state index in [1.54, 1.807) is 19.2 Å². The minimum absolute atomic E-state index is 0.0446. The predicted molar refractivity (Wildman–Crippen MR) is 98.9 cm³/mol.